The van der Waals surface area contributed by atoms with Crippen LogP contribution in [0.1, 0.15) is 18.3 Å². The fourth-order valence-corrected chi connectivity index (χ4v) is 2.43. The summed E-state index contributed by atoms with van der Waals surface area (Å²) in [6, 6.07) is 2.26. The van der Waals surface area contributed by atoms with Crippen LogP contribution in [0.3, 0.4) is 0 Å². The highest BCUT2D eigenvalue weighted by molar-refractivity contribution is 7.13. The molecule has 1 unspecified atom stereocenters. The second-order valence-electron chi connectivity index (χ2n) is 3.86. The van der Waals surface area contributed by atoms with Crippen LogP contribution in [0.25, 0.3) is 10.6 Å². The molecule has 15 heavy (non-hydrogen) atoms. The molecule has 4 heteroatoms. The monoisotopic (exact) mass is 221 g/mol. The second kappa shape index (κ2) is 4.16. The van der Waals surface area contributed by atoms with Crippen molar-refractivity contribution >= 4 is 11.3 Å². The molecule has 2 heterocycles. The van der Waals surface area contributed by atoms with Crippen LogP contribution >= 0.6 is 11.3 Å². The zero-order chi connectivity index (χ0) is 10.8. The number of rotatable bonds is 3. The zero-order valence-electron chi connectivity index (χ0n) is 8.95. The summed E-state index contributed by atoms with van der Waals surface area (Å²) >= 11 is 1.73. The standard InChI is InChI=1S/C11H15N3S/c1-7-3-4-15-11(7)9-6-13-10(14-9)5-8(2)12/h3-4,6,8H,5,12H2,1-2H3,(H,13,14). The van der Waals surface area contributed by atoms with Crippen LogP contribution in [-0.2, 0) is 6.42 Å². The second-order valence-corrected chi connectivity index (χ2v) is 4.77. The van der Waals surface area contributed by atoms with Gasteiger partial charge in [0.1, 0.15) is 5.82 Å². The van der Waals surface area contributed by atoms with Gasteiger partial charge in [-0.3, -0.25) is 0 Å². The highest BCUT2D eigenvalue weighted by Gasteiger charge is 2.07. The van der Waals surface area contributed by atoms with Crippen LogP contribution in [0.4, 0.5) is 0 Å². The van der Waals surface area contributed by atoms with Gasteiger partial charge in [-0.15, -0.1) is 11.3 Å². The van der Waals surface area contributed by atoms with E-state index in [1.165, 1.54) is 10.4 Å². The van der Waals surface area contributed by atoms with Gasteiger partial charge in [-0.1, -0.05) is 0 Å². The van der Waals surface area contributed by atoms with Crippen LogP contribution < -0.4 is 5.73 Å². The van der Waals surface area contributed by atoms with Crippen molar-refractivity contribution in [3.8, 4) is 10.6 Å². The van der Waals surface area contributed by atoms with E-state index in [2.05, 4.69) is 28.3 Å². The number of aromatic amines is 1. The van der Waals surface area contributed by atoms with Crippen molar-refractivity contribution in [1.82, 2.24) is 9.97 Å². The number of nitrogens with zero attached hydrogens (tertiary/aromatic N) is 1. The Kier molecular flexibility index (Phi) is 2.88. The minimum absolute atomic E-state index is 0.147. The summed E-state index contributed by atoms with van der Waals surface area (Å²) in [4.78, 5) is 8.89. The van der Waals surface area contributed by atoms with Gasteiger partial charge in [0.15, 0.2) is 0 Å². The molecule has 80 valence electrons. The third-order valence-corrected chi connectivity index (χ3v) is 3.30. The number of nitrogens with one attached hydrogen (secondary N) is 1. The van der Waals surface area contributed by atoms with Crippen LogP contribution in [0.5, 0.6) is 0 Å². The molecule has 3 nitrogen and oxygen atoms in total. The normalized spacial score (nSPS) is 13.0. The molecule has 2 aromatic heterocycles. The Balaban J connectivity index is 2.24. The van der Waals surface area contributed by atoms with Crippen LogP contribution in [0.15, 0.2) is 17.6 Å². The Hall–Kier alpha value is -1.13. The third kappa shape index (κ3) is 2.27. The van der Waals surface area contributed by atoms with Crippen molar-refractivity contribution in [2.75, 3.05) is 0 Å². The molecule has 2 aromatic rings. The molecule has 0 saturated carbocycles. The van der Waals surface area contributed by atoms with Crippen molar-refractivity contribution in [3.63, 3.8) is 0 Å². The Morgan fingerprint density at radius 1 is 1.60 bits per heavy atom. The lowest BCUT2D eigenvalue weighted by atomic mass is 10.2. The van der Waals surface area contributed by atoms with E-state index in [0.717, 1.165) is 17.9 Å². The summed E-state index contributed by atoms with van der Waals surface area (Å²) in [6.45, 7) is 4.09. The molecule has 0 aliphatic carbocycles. The number of imidazole rings is 1. The van der Waals surface area contributed by atoms with Gasteiger partial charge in [-0.25, -0.2) is 4.98 Å². The Bertz CT molecular complexity index is 442. The molecule has 0 aliphatic heterocycles. The first kappa shape index (κ1) is 10.4. The number of hydrogen-bond acceptors (Lipinski definition) is 3. The van der Waals surface area contributed by atoms with Gasteiger partial charge in [0.25, 0.3) is 0 Å². The van der Waals surface area contributed by atoms with Crippen molar-refractivity contribution in [2.45, 2.75) is 26.3 Å². The van der Waals surface area contributed by atoms with Crippen molar-refractivity contribution in [1.29, 1.82) is 0 Å². The number of thiophene rings is 1. The van der Waals surface area contributed by atoms with E-state index in [1.807, 2.05) is 13.1 Å². The SMILES string of the molecule is Cc1ccsc1-c1cnc(CC(C)N)[nH]1. The molecular formula is C11H15N3S. The largest absolute Gasteiger partial charge is 0.341 e. The van der Waals surface area contributed by atoms with E-state index in [-0.39, 0.29) is 6.04 Å². The molecule has 0 saturated heterocycles. The maximum Gasteiger partial charge on any atom is 0.108 e. The molecule has 0 aliphatic rings. The highest BCUT2D eigenvalue weighted by Crippen LogP contribution is 2.27. The van der Waals surface area contributed by atoms with Gasteiger partial charge in [0.05, 0.1) is 16.8 Å². The first-order valence-corrected chi connectivity index (χ1v) is 5.88. The summed E-state index contributed by atoms with van der Waals surface area (Å²) in [5, 5.41) is 2.09. The fourth-order valence-electron chi connectivity index (χ4n) is 1.54. The van der Waals surface area contributed by atoms with Gasteiger partial charge >= 0.3 is 0 Å². The molecular weight excluding hydrogens is 206 g/mol. The first-order chi connectivity index (χ1) is 7.16. The summed E-state index contributed by atoms with van der Waals surface area (Å²) in [5.74, 6) is 0.966. The molecule has 3 N–H and O–H groups in total. The van der Waals surface area contributed by atoms with Crippen molar-refractivity contribution < 1.29 is 0 Å². The number of aryl methyl sites for hydroxylation is 1. The van der Waals surface area contributed by atoms with Gasteiger partial charge in [0, 0.05) is 12.5 Å². The van der Waals surface area contributed by atoms with Gasteiger partial charge in [0.2, 0.25) is 0 Å². The quantitative estimate of drug-likeness (QED) is 0.835. The lowest BCUT2D eigenvalue weighted by Gasteiger charge is -2.00. The molecule has 0 fully saturated rings. The predicted octanol–water partition coefficient (Wildman–Crippen LogP) is 2.34. The molecule has 0 bridgehead atoms. The predicted molar refractivity (Wildman–Crippen MR) is 64.0 cm³/mol. The van der Waals surface area contributed by atoms with E-state index in [4.69, 9.17) is 5.73 Å². The maximum atomic E-state index is 5.72. The topological polar surface area (TPSA) is 54.7 Å². The summed E-state index contributed by atoms with van der Waals surface area (Å²) < 4.78 is 0. The van der Waals surface area contributed by atoms with E-state index < -0.39 is 0 Å². The minimum Gasteiger partial charge on any atom is -0.341 e. The fraction of sp³-hybridized carbons (Fsp3) is 0.364. The summed E-state index contributed by atoms with van der Waals surface area (Å²) in [5.41, 5.74) is 8.11. The number of hydrogen-bond donors (Lipinski definition) is 2. The third-order valence-electron chi connectivity index (χ3n) is 2.25. The van der Waals surface area contributed by atoms with Crippen LogP contribution in [-0.4, -0.2) is 16.0 Å². The van der Waals surface area contributed by atoms with Gasteiger partial charge in [-0.05, 0) is 30.9 Å². The van der Waals surface area contributed by atoms with Crippen molar-refractivity contribution in [3.05, 3.63) is 29.0 Å². The van der Waals surface area contributed by atoms with Gasteiger partial charge < -0.3 is 10.7 Å². The van der Waals surface area contributed by atoms with E-state index in [1.54, 1.807) is 11.3 Å². The van der Waals surface area contributed by atoms with Gasteiger partial charge in [-0.2, -0.15) is 0 Å². The average molecular weight is 221 g/mol. The lowest BCUT2D eigenvalue weighted by molar-refractivity contribution is 0.710. The molecule has 1 atom stereocenters. The summed E-state index contributed by atoms with van der Waals surface area (Å²) in [7, 11) is 0. The lowest BCUT2D eigenvalue weighted by Crippen LogP contribution is -2.18. The van der Waals surface area contributed by atoms with E-state index in [0.29, 0.717) is 0 Å². The van der Waals surface area contributed by atoms with Crippen LogP contribution in [0, 0.1) is 6.92 Å². The zero-order valence-corrected chi connectivity index (χ0v) is 9.77. The summed E-state index contributed by atoms with van der Waals surface area (Å²) in [6.07, 6.45) is 2.68. The average Bonchev–Trinajstić information content (AvgIpc) is 2.72. The van der Waals surface area contributed by atoms with E-state index in [9.17, 15) is 0 Å². The van der Waals surface area contributed by atoms with Crippen LogP contribution in [0.2, 0.25) is 0 Å². The number of H-pyrrole nitrogens is 1. The molecule has 0 spiro atoms. The highest BCUT2D eigenvalue weighted by atomic mass is 32.1. The Morgan fingerprint density at radius 3 is 3.00 bits per heavy atom. The molecule has 0 aromatic carbocycles. The smallest absolute Gasteiger partial charge is 0.108 e. The van der Waals surface area contributed by atoms with Crippen molar-refractivity contribution in [2.24, 2.45) is 5.73 Å². The minimum atomic E-state index is 0.147. The number of nitrogens with two attached hydrogens (primary N) is 1. The molecule has 0 amide bonds. The van der Waals surface area contributed by atoms with E-state index >= 15 is 0 Å². The molecule has 0 radical (unpaired) electrons. The maximum absolute atomic E-state index is 5.72. The Morgan fingerprint density at radius 2 is 2.40 bits per heavy atom. The Labute approximate surface area is 93.4 Å². The number of aromatic nitrogens is 2. The first-order valence-electron chi connectivity index (χ1n) is 5.00. The molecule has 2 rings (SSSR count).